The molecule has 0 aliphatic carbocycles. The fraction of sp³-hybridized carbons (Fsp3) is 0.333. The van der Waals surface area contributed by atoms with Gasteiger partial charge in [-0.15, -0.1) is 13.2 Å². The maximum Gasteiger partial charge on any atom is 0.573 e. The zero-order valence-corrected chi connectivity index (χ0v) is 10.7. The zero-order valence-electron chi connectivity index (χ0n) is 8.51. The standard InChI is InChI=1S/C9H7F3INO3/c1-4-2-6(17-9(10,11)12)5(3-7(15)16)14-8(4)13/h2H,3H2,1H3,(H,15,16). The Bertz CT molecular complexity index is 448. The number of hydrogen-bond acceptors (Lipinski definition) is 3. The SMILES string of the molecule is Cc1cc(OC(F)(F)F)c(CC(=O)O)nc1I. The van der Waals surface area contributed by atoms with Gasteiger partial charge >= 0.3 is 12.3 Å². The molecule has 0 spiro atoms. The van der Waals surface area contributed by atoms with Crippen LogP contribution in [0.25, 0.3) is 0 Å². The summed E-state index contributed by atoms with van der Waals surface area (Å²) in [7, 11) is 0. The monoisotopic (exact) mass is 361 g/mol. The van der Waals surface area contributed by atoms with Crippen LogP contribution in [0.5, 0.6) is 5.75 Å². The quantitative estimate of drug-likeness (QED) is 0.664. The molecular weight excluding hydrogens is 354 g/mol. The lowest BCUT2D eigenvalue weighted by Crippen LogP contribution is -2.19. The van der Waals surface area contributed by atoms with Crippen LogP contribution >= 0.6 is 22.6 Å². The molecule has 1 heterocycles. The summed E-state index contributed by atoms with van der Waals surface area (Å²) in [6.45, 7) is 1.56. The maximum atomic E-state index is 12.1. The molecule has 0 unspecified atom stereocenters. The maximum absolute atomic E-state index is 12.1. The summed E-state index contributed by atoms with van der Waals surface area (Å²) in [6.07, 6.45) is -5.49. The van der Waals surface area contributed by atoms with E-state index in [2.05, 4.69) is 9.72 Å². The normalized spacial score (nSPS) is 11.4. The molecule has 0 aromatic carbocycles. The highest BCUT2D eigenvalue weighted by atomic mass is 127. The third-order valence-corrected chi connectivity index (χ3v) is 2.83. The van der Waals surface area contributed by atoms with E-state index >= 15 is 0 Å². The molecule has 4 nitrogen and oxygen atoms in total. The first kappa shape index (κ1) is 14.0. The average molecular weight is 361 g/mol. The largest absolute Gasteiger partial charge is 0.573 e. The van der Waals surface area contributed by atoms with Gasteiger partial charge in [-0.2, -0.15) is 0 Å². The van der Waals surface area contributed by atoms with Crippen molar-refractivity contribution in [3.8, 4) is 5.75 Å². The van der Waals surface area contributed by atoms with Crippen molar-refractivity contribution in [1.82, 2.24) is 4.98 Å². The number of aryl methyl sites for hydroxylation is 1. The van der Waals surface area contributed by atoms with Gasteiger partial charge in [-0.1, -0.05) is 0 Å². The summed E-state index contributed by atoms with van der Waals surface area (Å²) >= 11 is 1.81. The highest BCUT2D eigenvalue weighted by molar-refractivity contribution is 14.1. The van der Waals surface area contributed by atoms with Gasteiger partial charge in [0.05, 0.1) is 12.1 Å². The molecule has 1 aromatic rings. The van der Waals surface area contributed by atoms with Crippen LogP contribution in [-0.2, 0) is 11.2 Å². The number of nitrogens with zero attached hydrogens (tertiary/aromatic N) is 1. The highest BCUT2D eigenvalue weighted by Gasteiger charge is 2.33. The minimum Gasteiger partial charge on any atom is -0.481 e. The third kappa shape index (κ3) is 4.36. The number of pyridine rings is 1. The Balaban J connectivity index is 3.16. The van der Waals surface area contributed by atoms with Gasteiger partial charge in [0.2, 0.25) is 0 Å². The number of aliphatic carboxylic acids is 1. The van der Waals surface area contributed by atoms with Gasteiger partial charge in [-0.3, -0.25) is 4.79 Å². The summed E-state index contributed by atoms with van der Waals surface area (Å²) < 4.78 is 40.5. The Labute approximate surface area is 108 Å². The van der Waals surface area contributed by atoms with Gasteiger partial charge in [-0.05, 0) is 41.1 Å². The van der Waals surface area contributed by atoms with Gasteiger partial charge in [0.25, 0.3) is 0 Å². The van der Waals surface area contributed by atoms with Crippen LogP contribution in [0.3, 0.4) is 0 Å². The number of rotatable bonds is 3. The predicted molar refractivity (Wildman–Crippen MR) is 59.7 cm³/mol. The predicted octanol–water partition coefficient (Wildman–Crippen LogP) is 2.52. The van der Waals surface area contributed by atoms with Crippen LogP contribution in [0.15, 0.2) is 6.07 Å². The van der Waals surface area contributed by atoms with Crippen molar-refractivity contribution in [2.45, 2.75) is 19.7 Å². The van der Waals surface area contributed by atoms with Crippen LogP contribution in [-0.4, -0.2) is 22.4 Å². The number of hydrogen-bond donors (Lipinski definition) is 1. The number of carboxylic acids is 1. The summed E-state index contributed by atoms with van der Waals surface area (Å²) in [5, 5.41) is 8.57. The van der Waals surface area contributed by atoms with Gasteiger partial charge in [0, 0.05) is 0 Å². The highest BCUT2D eigenvalue weighted by Crippen LogP contribution is 2.28. The topological polar surface area (TPSA) is 59.4 Å². The fourth-order valence-corrected chi connectivity index (χ4v) is 1.53. The van der Waals surface area contributed by atoms with Crippen molar-refractivity contribution in [3.63, 3.8) is 0 Å². The lowest BCUT2D eigenvalue weighted by molar-refractivity contribution is -0.275. The zero-order chi connectivity index (χ0) is 13.2. The lowest BCUT2D eigenvalue weighted by atomic mass is 10.2. The van der Waals surface area contributed by atoms with E-state index in [1.165, 1.54) is 0 Å². The molecule has 1 N–H and O–H groups in total. The Hall–Kier alpha value is -1.06. The van der Waals surface area contributed by atoms with Crippen molar-refractivity contribution < 1.29 is 27.8 Å². The van der Waals surface area contributed by atoms with E-state index in [0.717, 1.165) is 6.07 Å². The smallest absolute Gasteiger partial charge is 0.481 e. The van der Waals surface area contributed by atoms with Gasteiger partial charge < -0.3 is 9.84 Å². The number of carboxylic acid groups (broad SMARTS) is 1. The van der Waals surface area contributed by atoms with Crippen molar-refractivity contribution in [2.24, 2.45) is 0 Å². The molecule has 8 heteroatoms. The summed E-state index contributed by atoms with van der Waals surface area (Å²) in [5.74, 6) is -1.85. The van der Waals surface area contributed by atoms with Crippen molar-refractivity contribution in [3.05, 3.63) is 21.0 Å². The number of halogens is 4. The van der Waals surface area contributed by atoms with E-state index < -0.39 is 24.5 Å². The van der Waals surface area contributed by atoms with E-state index in [-0.39, 0.29) is 5.69 Å². The number of aromatic nitrogens is 1. The average Bonchev–Trinajstić information content (AvgIpc) is 2.10. The minimum absolute atomic E-state index is 0.246. The molecule has 0 atom stereocenters. The van der Waals surface area contributed by atoms with Crippen LogP contribution in [0, 0.1) is 10.6 Å². The van der Waals surface area contributed by atoms with Gasteiger partial charge in [0.1, 0.15) is 3.70 Å². The van der Waals surface area contributed by atoms with Crippen LogP contribution < -0.4 is 4.74 Å². The Morgan fingerprint density at radius 1 is 1.59 bits per heavy atom. The first-order valence-corrected chi connectivity index (χ1v) is 5.40. The van der Waals surface area contributed by atoms with E-state index in [0.29, 0.717) is 9.26 Å². The van der Waals surface area contributed by atoms with E-state index in [1.54, 1.807) is 6.92 Å². The van der Waals surface area contributed by atoms with E-state index in [9.17, 15) is 18.0 Å². The first-order chi connectivity index (χ1) is 7.69. The fourth-order valence-electron chi connectivity index (χ4n) is 1.08. The molecule has 1 aromatic heterocycles. The molecule has 94 valence electrons. The van der Waals surface area contributed by atoms with Crippen molar-refractivity contribution in [2.75, 3.05) is 0 Å². The summed E-state index contributed by atoms with van der Waals surface area (Å²) in [6, 6.07) is 1.13. The number of ether oxygens (including phenoxy) is 1. The Kier molecular flexibility index (Phi) is 4.17. The molecule has 0 aliphatic rings. The molecule has 17 heavy (non-hydrogen) atoms. The molecule has 0 amide bonds. The van der Waals surface area contributed by atoms with E-state index in [4.69, 9.17) is 5.11 Å². The molecule has 0 saturated heterocycles. The van der Waals surface area contributed by atoms with Crippen molar-refractivity contribution in [1.29, 1.82) is 0 Å². The van der Waals surface area contributed by atoms with Crippen molar-refractivity contribution >= 4 is 28.6 Å². The van der Waals surface area contributed by atoms with Gasteiger partial charge in [0.15, 0.2) is 5.75 Å². The molecular formula is C9H7F3INO3. The molecule has 0 saturated carbocycles. The molecule has 0 radical (unpaired) electrons. The first-order valence-electron chi connectivity index (χ1n) is 4.32. The lowest BCUT2D eigenvalue weighted by Gasteiger charge is -2.13. The summed E-state index contributed by atoms with van der Waals surface area (Å²) in [5.41, 5.74) is 0.240. The van der Waals surface area contributed by atoms with Crippen LogP contribution in [0.2, 0.25) is 0 Å². The van der Waals surface area contributed by atoms with Gasteiger partial charge in [-0.25, -0.2) is 4.98 Å². The number of alkyl halides is 3. The van der Waals surface area contributed by atoms with Crippen LogP contribution in [0.4, 0.5) is 13.2 Å². The Morgan fingerprint density at radius 3 is 2.65 bits per heavy atom. The molecule has 1 rings (SSSR count). The molecule has 0 aliphatic heterocycles. The number of carbonyl (C=O) groups is 1. The second-order valence-corrected chi connectivity index (χ2v) is 4.18. The molecule has 0 fully saturated rings. The Morgan fingerprint density at radius 2 is 2.18 bits per heavy atom. The van der Waals surface area contributed by atoms with Crippen LogP contribution in [0.1, 0.15) is 11.3 Å². The third-order valence-electron chi connectivity index (χ3n) is 1.73. The minimum atomic E-state index is -4.87. The molecule has 0 bridgehead atoms. The van der Waals surface area contributed by atoms with E-state index in [1.807, 2.05) is 22.6 Å². The second-order valence-electron chi connectivity index (χ2n) is 3.16. The summed E-state index contributed by atoms with van der Waals surface area (Å²) in [4.78, 5) is 14.3. The second kappa shape index (κ2) is 5.07.